The van der Waals surface area contributed by atoms with Crippen LogP contribution in [0.5, 0.6) is 0 Å². The minimum atomic E-state index is -4.50. The molecule has 1 fully saturated rings. The van der Waals surface area contributed by atoms with Crippen LogP contribution in [0.1, 0.15) is 10.6 Å². The van der Waals surface area contributed by atoms with Gasteiger partial charge in [-0.15, -0.1) is 11.3 Å². The Bertz CT molecular complexity index is 1100. The Morgan fingerprint density at radius 3 is 2.45 bits per heavy atom. The fourth-order valence-corrected chi connectivity index (χ4v) is 4.62. The van der Waals surface area contributed by atoms with E-state index in [2.05, 4.69) is 15.6 Å². The van der Waals surface area contributed by atoms with Crippen LogP contribution in [0.4, 0.5) is 18.9 Å². The van der Waals surface area contributed by atoms with Gasteiger partial charge in [0.25, 0.3) is 0 Å². The largest absolute Gasteiger partial charge is 0.416 e. The lowest BCUT2D eigenvalue weighted by molar-refractivity contribution is -0.137. The Kier molecular flexibility index (Phi) is 7.33. The van der Waals surface area contributed by atoms with Crippen LogP contribution in [0, 0.1) is 0 Å². The molecule has 174 valence electrons. The van der Waals surface area contributed by atoms with Crippen molar-refractivity contribution in [1.82, 2.24) is 14.8 Å². The molecule has 1 amide bonds. The highest BCUT2D eigenvalue weighted by atomic mass is 35.5. The molecule has 1 aliphatic rings. The lowest BCUT2D eigenvalue weighted by Crippen LogP contribution is -2.48. The average Bonchev–Trinajstić information content (AvgIpc) is 3.25. The summed E-state index contributed by atoms with van der Waals surface area (Å²) in [5.74, 6) is -0.392. The van der Waals surface area contributed by atoms with Gasteiger partial charge in [0.15, 0.2) is 0 Å². The molecule has 0 bridgehead atoms. The number of nitrogens with zero attached hydrogens (tertiary/aromatic N) is 3. The number of carbonyl (C=O) groups excluding carboxylic acids is 1. The summed E-state index contributed by atoms with van der Waals surface area (Å²) < 4.78 is 38.8. The van der Waals surface area contributed by atoms with Gasteiger partial charge in [0, 0.05) is 37.1 Å². The van der Waals surface area contributed by atoms with Gasteiger partial charge >= 0.3 is 6.18 Å². The molecule has 0 atom stereocenters. The number of amides is 1. The van der Waals surface area contributed by atoms with Crippen molar-refractivity contribution >= 4 is 34.5 Å². The van der Waals surface area contributed by atoms with E-state index < -0.39 is 17.6 Å². The molecule has 1 saturated heterocycles. The molecule has 2 heterocycles. The lowest BCUT2D eigenvalue weighted by Gasteiger charge is -2.33. The van der Waals surface area contributed by atoms with E-state index in [0.29, 0.717) is 13.1 Å². The first-order chi connectivity index (χ1) is 15.8. The second-order valence-electron chi connectivity index (χ2n) is 7.79. The Morgan fingerprint density at radius 2 is 1.76 bits per heavy atom. The molecule has 10 heteroatoms. The van der Waals surface area contributed by atoms with Gasteiger partial charge in [-0.1, -0.05) is 41.9 Å². The average molecular weight is 495 g/mol. The smallest absolute Gasteiger partial charge is 0.324 e. The third-order valence-electron chi connectivity index (χ3n) is 5.38. The van der Waals surface area contributed by atoms with E-state index in [-0.39, 0.29) is 17.3 Å². The van der Waals surface area contributed by atoms with Gasteiger partial charge in [-0.2, -0.15) is 13.2 Å². The number of thiazole rings is 1. The van der Waals surface area contributed by atoms with Crippen molar-refractivity contribution in [2.24, 2.45) is 0 Å². The summed E-state index contributed by atoms with van der Waals surface area (Å²) in [5.41, 5.74) is 1.18. The van der Waals surface area contributed by atoms with Crippen LogP contribution in [0.3, 0.4) is 0 Å². The highest BCUT2D eigenvalue weighted by Gasteiger charge is 2.31. The van der Waals surface area contributed by atoms with E-state index in [0.717, 1.165) is 54.1 Å². The number of halogens is 4. The Morgan fingerprint density at radius 1 is 1.06 bits per heavy atom. The molecule has 2 aromatic carbocycles. The van der Waals surface area contributed by atoms with Crippen LogP contribution in [-0.2, 0) is 17.5 Å². The summed E-state index contributed by atoms with van der Waals surface area (Å²) in [7, 11) is 0. The van der Waals surface area contributed by atoms with Crippen LogP contribution in [-0.4, -0.2) is 53.4 Å². The van der Waals surface area contributed by atoms with Crippen molar-refractivity contribution in [3.63, 3.8) is 0 Å². The van der Waals surface area contributed by atoms with Crippen molar-refractivity contribution < 1.29 is 18.0 Å². The predicted octanol–water partition coefficient (Wildman–Crippen LogP) is 5.24. The van der Waals surface area contributed by atoms with Gasteiger partial charge < -0.3 is 5.32 Å². The lowest BCUT2D eigenvalue weighted by atomic mass is 10.2. The maximum absolute atomic E-state index is 12.9. The molecule has 1 aromatic heterocycles. The fraction of sp³-hybridized carbons (Fsp3) is 0.304. The summed E-state index contributed by atoms with van der Waals surface area (Å²) in [4.78, 5) is 21.4. The first-order valence-electron chi connectivity index (χ1n) is 10.4. The zero-order chi connectivity index (χ0) is 23.4. The molecule has 0 spiro atoms. The molecular formula is C23H22ClF3N4OS. The summed E-state index contributed by atoms with van der Waals surface area (Å²) in [5, 5.41) is 5.67. The SMILES string of the molecule is O=C(CN1CCN(Cc2nc(-c3ccccc3)cs2)CC1)Nc1cc(C(F)(F)F)ccc1Cl. The third kappa shape index (κ3) is 6.32. The van der Waals surface area contributed by atoms with E-state index in [1.165, 1.54) is 0 Å². The second-order valence-corrected chi connectivity index (χ2v) is 9.14. The number of aromatic nitrogens is 1. The van der Waals surface area contributed by atoms with Gasteiger partial charge in [-0.3, -0.25) is 14.6 Å². The van der Waals surface area contributed by atoms with Crippen LogP contribution in [0.25, 0.3) is 11.3 Å². The summed E-state index contributed by atoms with van der Waals surface area (Å²) in [6.07, 6.45) is -4.50. The molecule has 1 N–H and O–H groups in total. The zero-order valence-corrected chi connectivity index (χ0v) is 19.2. The molecule has 0 saturated carbocycles. The number of nitrogens with one attached hydrogen (secondary N) is 1. The normalized spacial score (nSPS) is 15.5. The molecule has 0 radical (unpaired) electrons. The number of rotatable bonds is 6. The van der Waals surface area contributed by atoms with Gasteiger partial charge in [0.2, 0.25) is 5.91 Å². The Hall–Kier alpha value is -2.46. The van der Waals surface area contributed by atoms with E-state index in [9.17, 15) is 18.0 Å². The first kappa shape index (κ1) is 23.7. The minimum Gasteiger partial charge on any atom is -0.324 e. The van der Waals surface area contributed by atoms with Crippen molar-refractivity contribution in [3.05, 3.63) is 69.5 Å². The topological polar surface area (TPSA) is 48.5 Å². The standard InChI is InChI=1S/C23H22ClF3N4OS/c24-18-7-6-17(23(25,26)27)12-19(18)28-21(32)13-30-8-10-31(11-9-30)14-22-29-20(15-33-22)16-4-2-1-3-5-16/h1-7,12,15H,8-11,13-14H2,(H,28,32). The number of benzene rings is 2. The minimum absolute atomic E-state index is 0.0342. The zero-order valence-electron chi connectivity index (χ0n) is 17.6. The maximum atomic E-state index is 12.9. The molecule has 33 heavy (non-hydrogen) atoms. The molecule has 0 aliphatic carbocycles. The second kappa shape index (κ2) is 10.2. The number of alkyl halides is 3. The number of hydrogen-bond donors (Lipinski definition) is 1. The van der Waals surface area contributed by atoms with Crippen molar-refractivity contribution in [2.75, 3.05) is 38.0 Å². The highest BCUT2D eigenvalue weighted by Crippen LogP contribution is 2.33. The summed E-state index contributed by atoms with van der Waals surface area (Å²) >= 11 is 7.59. The van der Waals surface area contributed by atoms with Crippen molar-refractivity contribution in [3.8, 4) is 11.3 Å². The van der Waals surface area contributed by atoms with E-state index in [4.69, 9.17) is 16.6 Å². The van der Waals surface area contributed by atoms with Crippen molar-refractivity contribution in [1.29, 1.82) is 0 Å². The maximum Gasteiger partial charge on any atom is 0.416 e. The van der Waals surface area contributed by atoms with Crippen LogP contribution < -0.4 is 5.32 Å². The monoisotopic (exact) mass is 494 g/mol. The van der Waals surface area contributed by atoms with Gasteiger partial charge in [0.1, 0.15) is 5.01 Å². The molecule has 3 aromatic rings. The highest BCUT2D eigenvalue weighted by molar-refractivity contribution is 7.09. The third-order valence-corrected chi connectivity index (χ3v) is 6.54. The van der Waals surface area contributed by atoms with Crippen LogP contribution >= 0.6 is 22.9 Å². The predicted molar refractivity (Wildman–Crippen MR) is 124 cm³/mol. The number of piperazine rings is 1. The molecular weight excluding hydrogens is 473 g/mol. The number of anilines is 1. The molecule has 4 rings (SSSR count). The fourth-order valence-electron chi connectivity index (χ4n) is 3.61. The summed E-state index contributed by atoms with van der Waals surface area (Å²) in [6.45, 7) is 3.75. The van der Waals surface area contributed by atoms with E-state index >= 15 is 0 Å². The quantitative estimate of drug-likeness (QED) is 0.509. The van der Waals surface area contributed by atoms with E-state index in [1.807, 2.05) is 35.2 Å². The van der Waals surface area contributed by atoms with Gasteiger partial charge in [-0.05, 0) is 18.2 Å². The molecule has 1 aliphatic heterocycles. The summed E-state index contributed by atoms with van der Waals surface area (Å²) in [6, 6.07) is 12.9. The van der Waals surface area contributed by atoms with E-state index in [1.54, 1.807) is 11.3 Å². The Labute approximate surface area is 198 Å². The van der Waals surface area contributed by atoms with Crippen LogP contribution in [0.15, 0.2) is 53.9 Å². The number of carbonyl (C=O) groups is 1. The van der Waals surface area contributed by atoms with Gasteiger partial charge in [-0.25, -0.2) is 4.98 Å². The molecule has 0 unspecified atom stereocenters. The van der Waals surface area contributed by atoms with Crippen LogP contribution in [0.2, 0.25) is 5.02 Å². The van der Waals surface area contributed by atoms with Gasteiger partial charge in [0.05, 0.1) is 35.1 Å². The van der Waals surface area contributed by atoms with Crippen molar-refractivity contribution in [2.45, 2.75) is 12.7 Å². The Balaban J connectivity index is 1.26. The first-order valence-corrected chi connectivity index (χ1v) is 11.6. The molecule has 5 nitrogen and oxygen atoms in total. The number of hydrogen-bond acceptors (Lipinski definition) is 5.